The Bertz CT molecular complexity index is 1030. The van der Waals surface area contributed by atoms with Crippen molar-refractivity contribution >= 4 is 40.7 Å². The smallest absolute Gasteiger partial charge is 0.407 e. The van der Waals surface area contributed by atoms with Crippen LogP contribution in [0.5, 0.6) is 0 Å². The molecule has 218 valence electrons. The standard InChI is InChI=1S/C26H42N6O5S2/c1-7-18(9-10-19(8-2)30-26(36)37-13-21-11-27-15-39-21)28-23(34)22(17(5)33)31-25(35)32(6)12-20-14-38-24(29-20)16(3)4/h11,14-19,22,33H,7-10,12-13H2,1-6H3,(H,28,34)(H,30,36)(H,31,35)/t17?,18-,19-,22-/m0/s1. The Morgan fingerprint density at radius 3 is 2.26 bits per heavy atom. The highest BCUT2D eigenvalue weighted by Crippen LogP contribution is 2.20. The molecule has 0 aromatic carbocycles. The molecule has 0 saturated carbocycles. The number of rotatable bonds is 15. The summed E-state index contributed by atoms with van der Waals surface area (Å²) in [5.74, 6) is -0.150. The quantitative estimate of drug-likeness (QED) is 0.248. The second-order valence-corrected chi connectivity index (χ2v) is 11.7. The lowest BCUT2D eigenvalue weighted by Gasteiger charge is -2.27. The van der Waals surface area contributed by atoms with E-state index in [9.17, 15) is 19.5 Å². The fourth-order valence-corrected chi connectivity index (χ4v) is 5.06. The van der Waals surface area contributed by atoms with Gasteiger partial charge in [-0.1, -0.05) is 27.7 Å². The minimum Gasteiger partial charge on any atom is -0.444 e. The molecule has 13 heteroatoms. The molecule has 0 aliphatic rings. The number of thiazole rings is 2. The Hall–Kier alpha value is -2.77. The molecule has 0 aliphatic carbocycles. The largest absolute Gasteiger partial charge is 0.444 e. The van der Waals surface area contributed by atoms with E-state index in [1.807, 2.05) is 19.2 Å². The summed E-state index contributed by atoms with van der Waals surface area (Å²) in [6.45, 7) is 9.98. The van der Waals surface area contributed by atoms with Crippen molar-refractivity contribution < 1.29 is 24.2 Å². The Labute approximate surface area is 238 Å². The third kappa shape index (κ3) is 11.1. The van der Waals surface area contributed by atoms with Gasteiger partial charge in [0.2, 0.25) is 5.91 Å². The third-order valence-corrected chi connectivity index (χ3v) is 8.15. The number of nitrogens with one attached hydrogen (secondary N) is 3. The minimum atomic E-state index is -1.11. The topological polar surface area (TPSA) is 146 Å². The Kier molecular flexibility index (Phi) is 13.6. The molecule has 2 aromatic heterocycles. The molecule has 2 aromatic rings. The van der Waals surface area contributed by atoms with Crippen molar-refractivity contribution in [1.29, 1.82) is 0 Å². The number of carbonyl (C=O) groups is 3. The molecule has 39 heavy (non-hydrogen) atoms. The molecule has 4 atom stereocenters. The number of aromatic nitrogens is 2. The van der Waals surface area contributed by atoms with Gasteiger partial charge in [0.15, 0.2) is 0 Å². The molecule has 0 radical (unpaired) electrons. The van der Waals surface area contributed by atoms with E-state index in [0.717, 1.165) is 15.6 Å². The number of alkyl carbamates (subject to hydrolysis) is 1. The Morgan fingerprint density at radius 2 is 1.72 bits per heavy atom. The van der Waals surface area contributed by atoms with Crippen molar-refractivity contribution in [2.45, 2.75) is 104 Å². The van der Waals surface area contributed by atoms with Gasteiger partial charge in [-0.25, -0.2) is 14.6 Å². The van der Waals surface area contributed by atoms with Crippen LogP contribution in [0.2, 0.25) is 0 Å². The second kappa shape index (κ2) is 16.4. The van der Waals surface area contributed by atoms with Crippen LogP contribution in [0.15, 0.2) is 17.1 Å². The van der Waals surface area contributed by atoms with Crippen molar-refractivity contribution in [2.24, 2.45) is 0 Å². The molecule has 11 nitrogen and oxygen atoms in total. The molecule has 1 unspecified atom stereocenters. The van der Waals surface area contributed by atoms with E-state index >= 15 is 0 Å². The fraction of sp³-hybridized carbons (Fsp3) is 0.654. The van der Waals surface area contributed by atoms with E-state index in [-0.39, 0.29) is 18.7 Å². The number of hydrogen-bond acceptors (Lipinski definition) is 9. The van der Waals surface area contributed by atoms with E-state index in [1.54, 1.807) is 30.1 Å². The Balaban J connectivity index is 1.85. The number of carbonyl (C=O) groups excluding carboxylic acids is 3. The van der Waals surface area contributed by atoms with Crippen LogP contribution in [0.3, 0.4) is 0 Å². The summed E-state index contributed by atoms with van der Waals surface area (Å²) in [5.41, 5.74) is 2.46. The molecule has 0 fully saturated rings. The van der Waals surface area contributed by atoms with Crippen LogP contribution in [-0.4, -0.2) is 69.3 Å². The van der Waals surface area contributed by atoms with Crippen LogP contribution in [-0.2, 0) is 22.7 Å². The van der Waals surface area contributed by atoms with Gasteiger partial charge in [-0.3, -0.25) is 9.78 Å². The van der Waals surface area contributed by atoms with Crippen LogP contribution in [0.25, 0.3) is 0 Å². The highest BCUT2D eigenvalue weighted by molar-refractivity contribution is 7.09. The maximum absolute atomic E-state index is 13.0. The van der Waals surface area contributed by atoms with Crippen molar-refractivity contribution in [3.63, 3.8) is 0 Å². The summed E-state index contributed by atoms with van der Waals surface area (Å²) in [6.07, 6.45) is 2.67. The van der Waals surface area contributed by atoms with E-state index in [1.165, 1.54) is 23.2 Å². The highest BCUT2D eigenvalue weighted by atomic mass is 32.1. The van der Waals surface area contributed by atoms with E-state index in [4.69, 9.17) is 4.74 Å². The van der Waals surface area contributed by atoms with E-state index in [0.29, 0.717) is 38.1 Å². The van der Waals surface area contributed by atoms with Crippen LogP contribution in [0, 0.1) is 0 Å². The lowest BCUT2D eigenvalue weighted by molar-refractivity contribution is -0.126. The van der Waals surface area contributed by atoms with Gasteiger partial charge in [-0.2, -0.15) is 0 Å². The number of hydrogen-bond donors (Lipinski definition) is 4. The zero-order valence-electron chi connectivity index (χ0n) is 23.6. The van der Waals surface area contributed by atoms with Crippen LogP contribution >= 0.6 is 22.7 Å². The highest BCUT2D eigenvalue weighted by Gasteiger charge is 2.28. The van der Waals surface area contributed by atoms with E-state index in [2.05, 4.69) is 39.8 Å². The minimum absolute atomic E-state index is 0.118. The predicted octanol–water partition coefficient (Wildman–Crippen LogP) is 3.99. The lowest BCUT2D eigenvalue weighted by Crippen LogP contribution is -2.56. The van der Waals surface area contributed by atoms with Crippen molar-refractivity contribution in [1.82, 2.24) is 30.8 Å². The fourth-order valence-electron chi connectivity index (χ4n) is 3.73. The number of nitrogens with zero attached hydrogens (tertiary/aromatic N) is 3. The molecule has 0 bridgehead atoms. The van der Waals surface area contributed by atoms with Gasteiger partial charge in [-0.15, -0.1) is 22.7 Å². The third-order valence-electron chi connectivity index (χ3n) is 6.20. The van der Waals surface area contributed by atoms with Crippen LogP contribution in [0.1, 0.15) is 81.8 Å². The first-order valence-corrected chi connectivity index (χ1v) is 15.0. The summed E-state index contributed by atoms with van der Waals surface area (Å²) in [6, 6.07) is -1.90. The maximum Gasteiger partial charge on any atom is 0.407 e. The first kappa shape index (κ1) is 32.4. The van der Waals surface area contributed by atoms with Crippen molar-refractivity contribution in [3.05, 3.63) is 32.7 Å². The van der Waals surface area contributed by atoms with Gasteiger partial charge in [0.05, 0.1) is 33.7 Å². The lowest BCUT2D eigenvalue weighted by atomic mass is 10.0. The summed E-state index contributed by atoms with van der Waals surface area (Å²) in [5, 5.41) is 21.6. The average Bonchev–Trinajstić information content (AvgIpc) is 3.59. The molecule has 0 spiro atoms. The van der Waals surface area contributed by atoms with Gasteiger partial charge >= 0.3 is 12.1 Å². The van der Waals surface area contributed by atoms with Gasteiger partial charge in [-0.05, 0) is 32.6 Å². The predicted molar refractivity (Wildman–Crippen MR) is 153 cm³/mol. The summed E-state index contributed by atoms with van der Waals surface area (Å²) in [4.78, 5) is 48.8. The molecule has 4 N–H and O–H groups in total. The van der Waals surface area contributed by atoms with Crippen LogP contribution < -0.4 is 16.0 Å². The molecular formula is C26H42N6O5S2. The summed E-state index contributed by atoms with van der Waals surface area (Å²) >= 11 is 2.97. The molecular weight excluding hydrogens is 540 g/mol. The van der Waals surface area contributed by atoms with Crippen molar-refractivity contribution in [2.75, 3.05) is 7.05 Å². The van der Waals surface area contributed by atoms with Gasteiger partial charge in [0, 0.05) is 36.6 Å². The number of ether oxygens (including phenoxy) is 1. The van der Waals surface area contributed by atoms with Gasteiger partial charge < -0.3 is 30.7 Å². The SMILES string of the molecule is CC[C@@H](CC[C@H](CC)NC(=O)[C@@H](NC(=O)N(C)Cc1csc(C(C)C)n1)C(C)O)NC(=O)OCc1cncs1. The molecule has 4 amide bonds. The van der Waals surface area contributed by atoms with Gasteiger partial charge in [0.1, 0.15) is 12.6 Å². The second-order valence-electron chi connectivity index (χ2n) is 9.84. The van der Waals surface area contributed by atoms with Crippen molar-refractivity contribution in [3.8, 4) is 0 Å². The van der Waals surface area contributed by atoms with E-state index < -0.39 is 30.2 Å². The number of aliphatic hydroxyl groups excluding tert-OH is 1. The maximum atomic E-state index is 13.0. The summed E-state index contributed by atoms with van der Waals surface area (Å²) < 4.78 is 5.25. The van der Waals surface area contributed by atoms with Gasteiger partial charge in [0.25, 0.3) is 0 Å². The zero-order chi connectivity index (χ0) is 28.9. The Morgan fingerprint density at radius 1 is 1.05 bits per heavy atom. The molecule has 0 aliphatic heterocycles. The van der Waals surface area contributed by atoms with Crippen LogP contribution in [0.4, 0.5) is 9.59 Å². The first-order valence-electron chi connectivity index (χ1n) is 13.3. The summed E-state index contributed by atoms with van der Waals surface area (Å²) in [7, 11) is 1.62. The number of aliphatic hydroxyl groups is 1. The average molecular weight is 583 g/mol. The monoisotopic (exact) mass is 582 g/mol. The zero-order valence-corrected chi connectivity index (χ0v) is 25.2. The number of amides is 4. The first-order chi connectivity index (χ1) is 18.5. The molecule has 0 saturated heterocycles. The normalized spacial score (nSPS) is 14.3. The molecule has 2 rings (SSSR count). The molecule has 2 heterocycles. The number of urea groups is 1.